The van der Waals surface area contributed by atoms with Crippen LogP contribution in [0.1, 0.15) is 64.2 Å². The van der Waals surface area contributed by atoms with Crippen molar-refractivity contribution in [3.05, 3.63) is 34.6 Å². The van der Waals surface area contributed by atoms with Crippen molar-refractivity contribution in [1.29, 1.82) is 0 Å². The van der Waals surface area contributed by atoms with Crippen LogP contribution in [-0.2, 0) is 19.1 Å². The molecule has 30 heavy (non-hydrogen) atoms. The van der Waals surface area contributed by atoms with Gasteiger partial charge in [0.1, 0.15) is 11.5 Å². The highest BCUT2D eigenvalue weighted by atomic mass is 16.6. The molecule has 0 aromatic heterocycles. The summed E-state index contributed by atoms with van der Waals surface area (Å²) < 4.78 is 17.8. The van der Waals surface area contributed by atoms with E-state index in [1.807, 2.05) is 60.6 Å². The lowest BCUT2D eigenvalue weighted by atomic mass is 9.58. The van der Waals surface area contributed by atoms with Crippen LogP contribution in [0.25, 0.3) is 5.57 Å². The number of aryl methyl sites for hydroxylation is 2. The van der Waals surface area contributed by atoms with E-state index >= 15 is 0 Å². The lowest BCUT2D eigenvalue weighted by Gasteiger charge is -2.41. The predicted molar refractivity (Wildman–Crippen MR) is 114 cm³/mol. The highest BCUT2D eigenvalue weighted by Crippen LogP contribution is 2.69. The van der Waals surface area contributed by atoms with Crippen LogP contribution < -0.4 is 4.74 Å². The number of carbonyl (C=O) groups is 2. The minimum Gasteiger partial charge on any atom is -0.497 e. The first-order chi connectivity index (χ1) is 13.9. The second-order valence-electron chi connectivity index (χ2n) is 10.4. The van der Waals surface area contributed by atoms with Gasteiger partial charge < -0.3 is 14.2 Å². The van der Waals surface area contributed by atoms with Gasteiger partial charge in [0.15, 0.2) is 5.78 Å². The molecule has 2 heterocycles. The average Bonchev–Trinajstić information content (AvgIpc) is 3.27. The largest absolute Gasteiger partial charge is 0.497 e. The number of esters is 1. The van der Waals surface area contributed by atoms with Gasteiger partial charge in [0.05, 0.1) is 41.1 Å². The number of ether oxygens (including phenoxy) is 3. The molecule has 1 aromatic rings. The maximum Gasteiger partial charge on any atom is 0.316 e. The van der Waals surface area contributed by atoms with Gasteiger partial charge in [-0.2, -0.15) is 0 Å². The molecule has 4 rings (SSSR count). The third-order valence-electron chi connectivity index (χ3n) is 7.58. The summed E-state index contributed by atoms with van der Waals surface area (Å²) in [4.78, 5) is 27.0. The molecule has 2 aliphatic heterocycles. The van der Waals surface area contributed by atoms with Crippen LogP contribution in [0.3, 0.4) is 0 Å². The number of benzene rings is 1. The number of carbonyl (C=O) groups excluding carboxylic acids is 2. The highest BCUT2D eigenvalue weighted by Gasteiger charge is 2.74. The molecule has 5 heteroatoms. The number of fused-ring (bicyclic) bond motifs is 5. The van der Waals surface area contributed by atoms with E-state index in [0.717, 1.165) is 35.3 Å². The molecule has 0 N–H and O–H groups in total. The van der Waals surface area contributed by atoms with Crippen LogP contribution in [0.2, 0.25) is 0 Å². The summed E-state index contributed by atoms with van der Waals surface area (Å²) in [7, 11) is 1.63. The molecule has 1 aromatic carbocycles. The normalized spacial score (nSPS) is 32.6. The third-order valence-corrected chi connectivity index (χ3v) is 7.58. The Morgan fingerprint density at radius 2 is 1.60 bits per heavy atom. The molecule has 2 fully saturated rings. The fourth-order valence-corrected chi connectivity index (χ4v) is 5.61. The topological polar surface area (TPSA) is 61.8 Å². The number of rotatable bonds is 3. The lowest BCUT2D eigenvalue weighted by molar-refractivity contribution is -0.152. The van der Waals surface area contributed by atoms with E-state index in [1.54, 1.807) is 7.11 Å². The summed E-state index contributed by atoms with van der Waals surface area (Å²) in [6, 6.07) is 3.85. The zero-order valence-corrected chi connectivity index (χ0v) is 19.3. The van der Waals surface area contributed by atoms with E-state index in [4.69, 9.17) is 14.2 Å². The molecular weight excluding hydrogens is 380 g/mol. The SMILES string of the molecule is COc1cc(C)c(C2=C(OC(=O)C(C)(C)C)[C@]3(C)[C@H]4CC[C@H](O4)[C@]3(C)C2=O)c(C)c1. The molecule has 3 aliphatic rings. The molecule has 5 nitrogen and oxygen atoms in total. The van der Waals surface area contributed by atoms with Crippen LogP contribution in [0.4, 0.5) is 0 Å². The molecular formula is C25H32O5. The van der Waals surface area contributed by atoms with Crippen molar-refractivity contribution in [2.75, 3.05) is 7.11 Å². The second-order valence-corrected chi connectivity index (χ2v) is 10.4. The van der Waals surface area contributed by atoms with Gasteiger partial charge in [-0.15, -0.1) is 0 Å². The number of hydrogen-bond acceptors (Lipinski definition) is 5. The van der Waals surface area contributed by atoms with E-state index in [1.165, 1.54) is 0 Å². The minimum absolute atomic E-state index is 0.0188. The summed E-state index contributed by atoms with van der Waals surface area (Å²) in [5.41, 5.74) is 1.16. The van der Waals surface area contributed by atoms with Gasteiger partial charge in [-0.05, 0) is 90.1 Å². The Hall–Kier alpha value is -2.14. The Morgan fingerprint density at radius 3 is 2.10 bits per heavy atom. The molecule has 0 spiro atoms. The van der Waals surface area contributed by atoms with Crippen molar-refractivity contribution < 1.29 is 23.8 Å². The molecule has 0 amide bonds. The van der Waals surface area contributed by atoms with Gasteiger partial charge >= 0.3 is 5.97 Å². The van der Waals surface area contributed by atoms with E-state index < -0.39 is 16.2 Å². The minimum atomic E-state index is -0.739. The first-order valence-electron chi connectivity index (χ1n) is 10.7. The van der Waals surface area contributed by atoms with Crippen molar-refractivity contribution in [1.82, 2.24) is 0 Å². The highest BCUT2D eigenvalue weighted by molar-refractivity contribution is 6.28. The number of hydrogen-bond donors (Lipinski definition) is 0. The van der Waals surface area contributed by atoms with Gasteiger partial charge in [-0.25, -0.2) is 0 Å². The Kier molecular flexibility index (Phi) is 4.52. The molecule has 162 valence electrons. The fourth-order valence-electron chi connectivity index (χ4n) is 5.61. The van der Waals surface area contributed by atoms with Crippen molar-refractivity contribution in [2.45, 2.75) is 73.5 Å². The zero-order chi connectivity index (χ0) is 22.2. The Balaban J connectivity index is 1.98. The summed E-state index contributed by atoms with van der Waals surface area (Å²) in [5, 5.41) is 0. The van der Waals surface area contributed by atoms with Gasteiger partial charge in [0.25, 0.3) is 0 Å². The van der Waals surface area contributed by atoms with Gasteiger partial charge in [0.2, 0.25) is 0 Å². The molecule has 1 aliphatic carbocycles. The number of Topliss-reactive ketones (excluding diaryl/α,β-unsaturated/α-hetero) is 1. The van der Waals surface area contributed by atoms with Crippen LogP contribution in [0.15, 0.2) is 17.9 Å². The van der Waals surface area contributed by atoms with Crippen LogP contribution in [-0.4, -0.2) is 31.1 Å². The standard InChI is InChI=1S/C25H32O5/c1-13-11-15(28-8)12-14(2)18(13)19-20(26)24(6)16-9-10-17(29-16)25(24,7)21(19)30-22(27)23(3,4)5/h11-12,16-17H,9-10H2,1-8H3/t16-,17+,24+,25-/m0/s1. The summed E-state index contributed by atoms with van der Waals surface area (Å²) >= 11 is 0. The van der Waals surface area contributed by atoms with Crippen LogP contribution >= 0.6 is 0 Å². The Bertz CT molecular complexity index is 959. The van der Waals surface area contributed by atoms with E-state index in [0.29, 0.717) is 11.3 Å². The molecule has 4 atom stereocenters. The van der Waals surface area contributed by atoms with Crippen LogP contribution in [0.5, 0.6) is 5.75 Å². The zero-order valence-electron chi connectivity index (χ0n) is 19.3. The Labute approximate surface area is 178 Å². The Morgan fingerprint density at radius 1 is 1.07 bits per heavy atom. The molecule has 0 saturated carbocycles. The molecule has 0 unspecified atom stereocenters. The summed E-state index contributed by atoms with van der Waals surface area (Å²) in [6.45, 7) is 13.5. The maximum atomic E-state index is 14.0. The van der Waals surface area contributed by atoms with E-state index in [-0.39, 0.29) is 24.0 Å². The maximum absolute atomic E-state index is 14.0. The number of ketones is 1. The summed E-state index contributed by atoms with van der Waals surface area (Å²) in [6.07, 6.45) is 1.45. The fraction of sp³-hybridized carbons (Fsp3) is 0.600. The first kappa shape index (κ1) is 21.1. The molecule has 2 saturated heterocycles. The molecule has 2 bridgehead atoms. The van der Waals surface area contributed by atoms with E-state index in [9.17, 15) is 9.59 Å². The van der Waals surface area contributed by atoms with Gasteiger partial charge in [-0.3, -0.25) is 9.59 Å². The monoisotopic (exact) mass is 412 g/mol. The number of methoxy groups -OCH3 is 1. The smallest absolute Gasteiger partial charge is 0.316 e. The van der Waals surface area contributed by atoms with Crippen LogP contribution in [0, 0.1) is 30.1 Å². The quantitative estimate of drug-likeness (QED) is 0.669. The van der Waals surface area contributed by atoms with Gasteiger partial charge in [0, 0.05) is 0 Å². The second kappa shape index (κ2) is 6.43. The number of allylic oxidation sites excluding steroid dienone is 1. The predicted octanol–water partition coefficient (Wildman–Crippen LogP) is 4.77. The van der Waals surface area contributed by atoms with Crippen molar-refractivity contribution >= 4 is 17.3 Å². The van der Waals surface area contributed by atoms with Crippen molar-refractivity contribution in [3.8, 4) is 5.75 Å². The summed E-state index contributed by atoms with van der Waals surface area (Å²) in [5.74, 6) is 0.915. The molecule has 0 radical (unpaired) electrons. The van der Waals surface area contributed by atoms with Crippen molar-refractivity contribution in [2.24, 2.45) is 16.2 Å². The average molecular weight is 413 g/mol. The van der Waals surface area contributed by atoms with E-state index in [2.05, 4.69) is 0 Å². The third kappa shape index (κ3) is 2.51. The van der Waals surface area contributed by atoms with Crippen molar-refractivity contribution in [3.63, 3.8) is 0 Å². The first-order valence-corrected chi connectivity index (χ1v) is 10.7. The lowest BCUT2D eigenvalue weighted by Crippen LogP contribution is -2.49. The van der Waals surface area contributed by atoms with Gasteiger partial charge in [-0.1, -0.05) is 0 Å².